The fourth-order valence-corrected chi connectivity index (χ4v) is 3.06. The summed E-state index contributed by atoms with van der Waals surface area (Å²) in [7, 11) is 0. The third-order valence-electron chi connectivity index (χ3n) is 4.13. The fourth-order valence-electron chi connectivity index (χ4n) is 3.06. The molecule has 6 nitrogen and oxygen atoms in total. The molecule has 1 spiro atoms. The molecule has 1 heterocycles. The average molecular weight is 281 g/mol. The molecule has 0 atom stereocenters. The predicted octanol–water partition coefficient (Wildman–Crippen LogP) is 1.16. The Hall–Kier alpha value is -1.59. The Balaban J connectivity index is 2.08. The molecule has 1 saturated carbocycles. The second-order valence-corrected chi connectivity index (χ2v) is 5.62. The van der Waals surface area contributed by atoms with Gasteiger partial charge in [-0.2, -0.15) is 0 Å². The van der Waals surface area contributed by atoms with Crippen LogP contribution in [0.2, 0.25) is 0 Å². The molecule has 0 bridgehead atoms. The van der Waals surface area contributed by atoms with Crippen LogP contribution in [0.15, 0.2) is 0 Å². The van der Waals surface area contributed by atoms with E-state index in [-0.39, 0.29) is 18.4 Å². The Kier molecular flexibility index (Phi) is 4.62. The van der Waals surface area contributed by atoms with Crippen LogP contribution in [0.1, 0.15) is 51.9 Å². The van der Waals surface area contributed by atoms with Gasteiger partial charge in [0.25, 0.3) is 5.91 Å². The van der Waals surface area contributed by atoms with Gasteiger partial charge in [-0.3, -0.25) is 14.5 Å². The summed E-state index contributed by atoms with van der Waals surface area (Å²) in [5.41, 5.74) is -0.760. The molecule has 1 saturated heterocycles. The minimum Gasteiger partial charge on any atom is -0.355 e. The van der Waals surface area contributed by atoms with E-state index in [9.17, 15) is 14.4 Å². The summed E-state index contributed by atoms with van der Waals surface area (Å²) in [4.78, 5) is 37.2. The van der Waals surface area contributed by atoms with Crippen molar-refractivity contribution >= 4 is 17.8 Å². The van der Waals surface area contributed by atoms with Crippen LogP contribution in [-0.4, -0.2) is 41.4 Å². The molecule has 2 aliphatic rings. The fraction of sp³-hybridized carbons (Fsp3) is 0.786. The van der Waals surface area contributed by atoms with Gasteiger partial charge in [0.05, 0.1) is 0 Å². The van der Waals surface area contributed by atoms with Gasteiger partial charge in [0.1, 0.15) is 12.1 Å². The van der Waals surface area contributed by atoms with Crippen molar-refractivity contribution in [2.45, 2.75) is 57.4 Å². The maximum absolute atomic E-state index is 12.6. The number of carbonyl (C=O) groups is 3. The first-order valence-corrected chi connectivity index (χ1v) is 7.50. The van der Waals surface area contributed by atoms with Gasteiger partial charge in [-0.15, -0.1) is 0 Å². The summed E-state index contributed by atoms with van der Waals surface area (Å²) < 4.78 is 0. The lowest BCUT2D eigenvalue weighted by molar-refractivity contribution is -0.135. The molecular weight excluding hydrogens is 258 g/mol. The minimum atomic E-state index is -0.760. The molecule has 112 valence electrons. The molecule has 1 aliphatic carbocycles. The van der Waals surface area contributed by atoms with Crippen LogP contribution in [0.4, 0.5) is 4.79 Å². The molecule has 1 aliphatic heterocycles. The van der Waals surface area contributed by atoms with Crippen molar-refractivity contribution in [3.05, 3.63) is 0 Å². The molecule has 0 radical (unpaired) electrons. The number of hydrogen-bond donors (Lipinski definition) is 2. The first-order chi connectivity index (χ1) is 9.59. The average Bonchev–Trinajstić information content (AvgIpc) is 2.60. The lowest BCUT2D eigenvalue weighted by Gasteiger charge is -2.28. The van der Waals surface area contributed by atoms with Gasteiger partial charge in [0.15, 0.2) is 0 Å². The van der Waals surface area contributed by atoms with Crippen molar-refractivity contribution in [3.63, 3.8) is 0 Å². The van der Waals surface area contributed by atoms with Crippen molar-refractivity contribution in [2.75, 3.05) is 13.1 Å². The maximum atomic E-state index is 12.6. The number of amides is 4. The highest BCUT2D eigenvalue weighted by molar-refractivity contribution is 6.09. The maximum Gasteiger partial charge on any atom is 0.325 e. The first-order valence-electron chi connectivity index (χ1n) is 7.50. The third kappa shape index (κ3) is 2.94. The third-order valence-corrected chi connectivity index (χ3v) is 4.13. The summed E-state index contributed by atoms with van der Waals surface area (Å²) in [5.74, 6) is -0.519. The van der Waals surface area contributed by atoms with Crippen molar-refractivity contribution < 1.29 is 14.4 Å². The molecule has 20 heavy (non-hydrogen) atoms. The smallest absolute Gasteiger partial charge is 0.325 e. The quantitative estimate of drug-likeness (QED) is 0.762. The molecule has 0 aromatic rings. The Labute approximate surface area is 119 Å². The number of hydrogen-bond acceptors (Lipinski definition) is 3. The van der Waals surface area contributed by atoms with Gasteiger partial charge in [-0.1, -0.05) is 32.1 Å². The molecule has 0 unspecified atom stereocenters. The highest BCUT2D eigenvalue weighted by atomic mass is 16.2. The molecular formula is C14H23N3O3. The zero-order valence-corrected chi connectivity index (χ0v) is 12.0. The van der Waals surface area contributed by atoms with E-state index in [4.69, 9.17) is 0 Å². The SMILES string of the molecule is CCNC(=O)CN1C(=O)NC2(CCCCCCC2)C1=O. The van der Waals surface area contributed by atoms with Gasteiger partial charge in [0.2, 0.25) is 5.91 Å². The van der Waals surface area contributed by atoms with E-state index in [2.05, 4.69) is 10.6 Å². The normalized spacial score (nSPS) is 22.4. The van der Waals surface area contributed by atoms with Crippen molar-refractivity contribution in [1.29, 1.82) is 0 Å². The number of nitrogens with one attached hydrogen (secondary N) is 2. The van der Waals surface area contributed by atoms with Crippen molar-refractivity contribution in [3.8, 4) is 0 Å². The summed E-state index contributed by atoms with van der Waals surface area (Å²) in [6, 6.07) is -0.429. The summed E-state index contributed by atoms with van der Waals surface area (Å²) >= 11 is 0. The van der Waals surface area contributed by atoms with E-state index in [1.807, 2.05) is 0 Å². The standard InChI is InChI=1S/C14H23N3O3/c1-2-15-11(18)10-17-12(19)14(16-13(17)20)8-6-4-3-5-7-9-14/h2-10H2,1H3,(H,15,18)(H,16,20). The van der Waals surface area contributed by atoms with Crippen molar-refractivity contribution in [1.82, 2.24) is 15.5 Å². The van der Waals surface area contributed by atoms with Crippen LogP contribution >= 0.6 is 0 Å². The van der Waals surface area contributed by atoms with Crippen LogP contribution in [0.5, 0.6) is 0 Å². The van der Waals surface area contributed by atoms with E-state index < -0.39 is 11.6 Å². The lowest BCUT2D eigenvalue weighted by Crippen LogP contribution is -2.48. The van der Waals surface area contributed by atoms with Gasteiger partial charge >= 0.3 is 6.03 Å². The Morgan fingerprint density at radius 1 is 1.20 bits per heavy atom. The second-order valence-electron chi connectivity index (χ2n) is 5.62. The number of nitrogens with zero attached hydrogens (tertiary/aromatic N) is 1. The molecule has 4 amide bonds. The zero-order valence-electron chi connectivity index (χ0n) is 12.0. The largest absolute Gasteiger partial charge is 0.355 e. The van der Waals surface area contributed by atoms with E-state index in [1.54, 1.807) is 6.92 Å². The summed E-state index contributed by atoms with van der Waals surface area (Å²) in [6.45, 7) is 2.12. The van der Waals surface area contributed by atoms with Gasteiger partial charge in [-0.25, -0.2) is 4.79 Å². The van der Waals surface area contributed by atoms with E-state index in [1.165, 1.54) is 6.42 Å². The number of rotatable bonds is 3. The topological polar surface area (TPSA) is 78.5 Å². The summed E-state index contributed by atoms with van der Waals surface area (Å²) in [5, 5.41) is 5.46. The van der Waals surface area contributed by atoms with Crippen LogP contribution in [0, 0.1) is 0 Å². The highest BCUT2D eigenvalue weighted by Crippen LogP contribution is 2.31. The Morgan fingerprint density at radius 3 is 2.40 bits per heavy atom. The van der Waals surface area contributed by atoms with Crippen LogP contribution in [0.25, 0.3) is 0 Å². The molecule has 0 aromatic heterocycles. The van der Waals surface area contributed by atoms with E-state index >= 15 is 0 Å². The number of imide groups is 1. The molecule has 2 rings (SSSR count). The zero-order chi connectivity index (χ0) is 14.6. The monoisotopic (exact) mass is 281 g/mol. The number of likely N-dealkylation sites (N-methyl/N-ethyl adjacent to an activating group) is 1. The molecule has 0 aromatic carbocycles. The van der Waals surface area contributed by atoms with Gasteiger partial charge < -0.3 is 10.6 Å². The van der Waals surface area contributed by atoms with Gasteiger partial charge in [0, 0.05) is 6.54 Å². The van der Waals surface area contributed by atoms with E-state index in [0.717, 1.165) is 30.6 Å². The summed E-state index contributed by atoms with van der Waals surface area (Å²) in [6.07, 6.45) is 6.65. The van der Waals surface area contributed by atoms with Crippen LogP contribution < -0.4 is 10.6 Å². The highest BCUT2D eigenvalue weighted by Gasteiger charge is 2.50. The Bertz CT molecular complexity index is 400. The Morgan fingerprint density at radius 2 is 1.80 bits per heavy atom. The predicted molar refractivity (Wildman–Crippen MR) is 74.0 cm³/mol. The molecule has 2 fully saturated rings. The molecule has 6 heteroatoms. The lowest BCUT2D eigenvalue weighted by atomic mass is 9.84. The van der Waals surface area contributed by atoms with Gasteiger partial charge in [-0.05, 0) is 19.8 Å². The number of carbonyl (C=O) groups excluding carboxylic acids is 3. The second kappa shape index (κ2) is 6.24. The minimum absolute atomic E-state index is 0.180. The van der Waals surface area contributed by atoms with E-state index in [0.29, 0.717) is 19.4 Å². The number of urea groups is 1. The van der Waals surface area contributed by atoms with Crippen LogP contribution in [-0.2, 0) is 9.59 Å². The van der Waals surface area contributed by atoms with Crippen molar-refractivity contribution in [2.24, 2.45) is 0 Å². The molecule has 2 N–H and O–H groups in total. The first kappa shape index (κ1) is 14.8. The van der Waals surface area contributed by atoms with Crippen LogP contribution in [0.3, 0.4) is 0 Å².